The van der Waals surface area contributed by atoms with Crippen molar-refractivity contribution in [3.63, 3.8) is 0 Å². The third-order valence-corrected chi connectivity index (χ3v) is 4.58. The lowest BCUT2D eigenvalue weighted by molar-refractivity contribution is 0.622. The number of nitrogens with zero attached hydrogens (tertiary/aromatic N) is 2. The van der Waals surface area contributed by atoms with Crippen LogP contribution in [-0.2, 0) is 0 Å². The first-order valence-corrected chi connectivity index (χ1v) is 6.66. The van der Waals surface area contributed by atoms with Crippen molar-refractivity contribution >= 4 is 24.0 Å². The number of hydrogen-bond acceptors (Lipinski definition) is 4. The zero-order chi connectivity index (χ0) is 12.4. The molecular formula is C12H13FN2S2. The zero-order valence-corrected chi connectivity index (χ0v) is 11.3. The molecule has 0 saturated heterocycles. The van der Waals surface area contributed by atoms with Gasteiger partial charge in [-0.25, -0.2) is 9.37 Å². The predicted molar refractivity (Wildman–Crippen MR) is 71.9 cm³/mol. The molecule has 0 spiro atoms. The van der Waals surface area contributed by atoms with E-state index in [1.165, 1.54) is 23.6 Å². The number of halogens is 1. The summed E-state index contributed by atoms with van der Waals surface area (Å²) in [7, 11) is 0. The summed E-state index contributed by atoms with van der Waals surface area (Å²) in [5.74, 6) is 0.0998. The summed E-state index contributed by atoms with van der Waals surface area (Å²) >= 11 is 6.08. The van der Waals surface area contributed by atoms with Gasteiger partial charge in [-0.2, -0.15) is 12.6 Å². The molecule has 0 saturated carbocycles. The Bertz CT molecular complexity index is 511. The fraction of sp³-hybridized carbons (Fsp3) is 0.333. The van der Waals surface area contributed by atoms with Crippen molar-refractivity contribution in [2.75, 3.05) is 0 Å². The van der Waals surface area contributed by atoms with Gasteiger partial charge in [-0.05, 0) is 12.0 Å². The van der Waals surface area contributed by atoms with Crippen molar-refractivity contribution in [3.8, 4) is 10.6 Å². The first-order valence-electron chi connectivity index (χ1n) is 5.32. The number of thiol groups is 1. The maximum Gasteiger partial charge on any atom is 0.142 e. The van der Waals surface area contributed by atoms with Crippen LogP contribution in [0.3, 0.4) is 0 Å². The minimum Gasteiger partial charge on any atom is -0.261 e. The van der Waals surface area contributed by atoms with Gasteiger partial charge in [0.1, 0.15) is 10.8 Å². The molecule has 2 rings (SSSR count). The fourth-order valence-corrected chi connectivity index (χ4v) is 2.70. The Labute approximate surface area is 109 Å². The highest BCUT2D eigenvalue weighted by molar-refractivity contribution is 7.80. The number of pyridine rings is 1. The molecule has 0 bridgehead atoms. The molecule has 0 aliphatic heterocycles. The van der Waals surface area contributed by atoms with Crippen LogP contribution in [0.1, 0.15) is 24.0 Å². The maximum atomic E-state index is 13.0. The third-order valence-electron chi connectivity index (χ3n) is 2.40. The lowest BCUT2D eigenvalue weighted by atomic mass is 10.1. The summed E-state index contributed by atoms with van der Waals surface area (Å²) < 4.78 is 13.0. The van der Waals surface area contributed by atoms with Crippen molar-refractivity contribution in [1.82, 2.24) is 9.97 Å². The summed E-state index contributed by atoms with van der Waals surface area (Å²) in [6, 6.07) is 1.44. The number of rotatable bonds is 3. The van der Waals surface area contributed by atoms with E-state index in [9.17, 15) is 4.39 Å². The summed E-state index contributed by atoms with van der Waals surface area (Å²) in [6.45, 7) is 4.22. The van der Waals surface area contributed by atoms with Crippen LogP contribution in [0, 0.1) is 11.7 Å². The van der Waals surface area contributed by atoms with Gasteiger partial charge in [-0.3, -0.25) is 4.98 Å². The molecule has 17 heavy (non-hydrogen) atoms. The van der Waals surface area contributed by atoms with Gasteiger partial charge < -0.3 is 0 Å². The average Bonchev–Trinajstić information content (AvgIpc) is 2.77. The van der Waals surface area contributed by atoms with Crippen molar-refractivity contribution in [2.45, 2.75) is 19.1 Å². The fourth-order valence-electron chi connectivity index (χ4n) is 1.41. The molecule has 2 nitrogen and oxygen atoms in total. The zero-order valence-electron chi connectivity index (χ0n) is 9.59. The van der Waals surface area contributed by atoms with Gasteiger partial charge in [0, 0.05) is 28.1 Å². The molecule has 2 aromatic heterocycles. The molecule has 0 fully saturated rings. The summed E-state index contributed by atoms with van der Waals surface area (Å²) in [5.41, 5.74) is 0.713. The quantitative estimate of drug-likeness (QED) is 0.852. The largest absolute Gasteiger partial charge is 0.261 e. The van der Waals surface area contributed by atoms with Gasteiger partial charge in [-0.15, -0.1) is 11.3 Å². The number of hydrogen-bond donors (Lipinski definition) is 1. The predicted octanol–water partition coefficient (Wildman–Crippen LogP) is 3.97. The molecule has 90 valence electrons. The van der Waals surface area contributed by atoms with Gasteiger partial charge in [0.05, 0.1) is 6.20 Å². The van der Waals surface area contributed by atoms with Crippen LogP contribution in [0.4, 0.5) is 4.39 Å². The normalized spacial score (nSPS) is 13.0. The highest BCUT2D eigenvalue weighted by Crippen LogP contribution is 2.35. The second-order valence-electron chi connectivity index (χ2n) is 4.15. The van der Waals surface area contributed by atoms with Crippen LogP contribution < -0.4 is 0 Å². The maximum absolute atomic E-state index is 13.0. The summed E-state index contributed by atoms with van der Waals surface area (Å²) in [6.07, 6.45) is 4.62. The molecule has 2 aromatic rings. The third kappa shape index (κ3) is 2.84. The van der Waals surface area contributed by atoms with E-state index in [1.807, 2.05) is 6.20 Å². The molecule has 5 heteroatoms. The minimum atomic E-state index is -0.342. The number of aromatic nitrogens is 2. The molecule has 0 aliphatic carbocycles. The monoisotopic (exact) mass is 268 g/mol. The number of thiazole rings is 1. The topological polar surface area (TPSA) is 25.8 Å². The van der Waals surface area contributed by atoms with E-state index in [4.69, 9.17) is 0 Å². The first kappa shape index (κ1) is 12.5. The molecule has 0 radical (unpaired) electrons. The van der Waals surface area contributed by atoms with Crippen LogP contribution in [0.5, 0.6) is 0 Å². The van der Waals surface area contributed by atoms with Gasteiger partial charge in [0.25, 0.3) is 0 Å². The average molecular weight is 268 g/mol. The molecular weight excluding hydrogens is 255 g/mol. The highest BCUT2D eigenvalue weighted by Gasteiger charge is 2.15. The Hall–Kier alpha value is -0.940. The lowest BCUT2D eigenvalue weighted by Crippen LogP contribution is -1.96. The Morgan fingerprint density at radius 1 is 1.29 bits per heavy atom. The first-order chi connectivity index (χ1) is 8.08. The van der Waals surface area contributed by atoms with E-state index in [2.05, 4.69) is 36.4 Å². The van der Waals surface area contributed by atoms with E-state index >= 15 is 0 Å². The van der Waals surface area contributed by atoms with E-state index in [-0.39, 0.29) is 11.1 Å². The van der Waals surface area contributed by atoms with E-state index in [1.54, 1.807) is 6.20 Å². The molecule has 0 aromatic carbocycles. The molecule has 1 atom stereocenters. The standard InChI is InChI=1S/C12H13FN2S2/c1-7(2)11(16)10-6-15-12(17-10)8-3-9(13)5-14-4-8/h3-7,11,16H,1-2H3. The van der Waals surface area contributed by atoms with Crippen LogP contribution in [0.15, 0.2) is 24.7 Å². The molecule has 0 aliphatic rings. The van der Waals surface area contributed by atoms with Crippen molar-refractivity contribution in [2.24, 2.45) is 5.92 Å². The van der Waals surface area contributed by atoms with Crippen molar-refractivity contribution in [1.29, 1.82) is 0 Å². The van der Waals surface area contributed by atoms with Crippen LogP contribution in [0.2, 0.25) is 0 Å². The second kappa shape index (κ2) is 5.14. The van der Waals surface area contributed by atoms with Crippen LogP contribution in [-0.4, -0.2) is 9.97 Å². The molecule has 0 N–H and O–H groups in total. The second-order valence-corrected chi connectivity index (χ2v) is 5.77. The van der Waals surface area contributed by atoms with Gasteiger partial charge >= 0.3 is 0 Å². The summed E-state index contributed by atoms with van der Waals surface area (Å²) in [4.78, 5) is 9.22. The summed E-state index contributed by atoms with van der Waals surface area (Å²) in [5, 5.41) is 0.953. The van der Waals surface area contributed by atoms with Gasteiger partial charge in [-0.1, -0.05) is 13.8 Å². The minimum absolute atomic E-state index is 0.169. The van der Waals surface area contributed by atoms with Gasteiger partial charge in [0.2, 0.25) is 0 Å². The molecule has 1 unspecified atom stereocenters. The molecule has 0 amide bonds. The van der Waals surface area contributed by atoms with Gasteiger partial charge in [0.15, 0.2) is 0 Å². The Kier molecular flexibility index (Phi) is 3.79. The smallest absolute Gasteiger partial charge is 0.142 e. The van der Waals surface area contributed by atoms with Crippen molar-refractivity contribution < 1.29 is 4.39 Å². The lowest BCUT2D eigenvalue weighted by Gasteiger charge is -2.10. The van der Waals surface area contributed by atoms with Crippen LogP contribution >= 0.6 is 24.0 Å². The Morgan fingerprint density at radius 3 is 2.71 bits per heavy atom. The van der Waals surface area contributed by atoms with Crippen molar-refractivity contribution in [3.05, 3.63) is 35.4 Å². The van der Waals surface area contributed by atoms with E-state index in [0.717, 1.165) is 9.88 Å². The Balaban J connectivity index is 2.30. The highest BCUT2D eigenvalue weighted by atomic mass is 32.1. The molecule has 2 heterocycles. The van der Waals surface area contributed by atoms with Crippen LogP contribution in [0.25, 0.3) is 10.6 Å². The SMILES string of the molecule is CC(C)C(S)c1cnc(-c2cncc(F)c2)s1. The van der Waals surface area contributed by atoms with E-state index in [0.29, 0.717) is 11.5 Å². The van der Waals surface area contributed by atoms with E-state index < -0.39 is 0 Å². The Morgan fingerprint density at radius 2 is 2.06 bits per heavy atom.